The van der Waals surface area contributed by atoms with E-state index in [1.54, 1.807) is 0 Å². The summed E-state index contributed by atoms with van der Waals surface area (Å²) < 4.78 is 4.69. The molecule has 5 nitrogen and oxygen atoms in total. The number of rotatable bonds is 7. The van der Waals surface area contributed by atoms with Crippen LogP contribution in [0.2, 0.25) is 0 Å². The first-order valence-corrected chi connectivity index (χ1v) is 7.09. The Bertz CT molecular complexity index is 314. The molecule has 0 aromatic carbocycles. The molecule has 1 fully saturated rings. The molecule has 1 aliphatic rings. The van der Waals surface area contributed by atoms with Gasteiger partial charge < -0.3 is 10.1 Å². The van der Waals surface area contributed by atoms with Crippen molar-refractivity contribution in [3.63, 3.8) is 0 Å². The SMILES string of the molecule is CCCNC1CC(CCC(=O)OC)CN(CC#N)C1. The summed E-state index contributed by atoms with van der Waals surface area (Å²) in [5.74, 6) is 0.325. The summed E-state index contributed by atoms with van der Waals surface area (Å²) in [5, 5.41) is 12.4. The smallest absolute Gasteiger partial charge is 0.305 e. The number of carbonyl (C=O) groups excluding carboxylic acids is 1. The predicted octanol–water partition coefficient (Wildman–Crippen LogP) is 1.15. The Kier molecular flexibility index (Phi) is 7.46. The molecule has 0 aliphatic carbocycles. The van der Waals surface area contributed by atoms with Crippen molar-refractivity contribution in [3.8, 4) is 6.07 Å². The molecule has 2 unspecified atom stereocenters. The molecule has 0 spiro atoms. The largest absolute Gasteiger partial charge is 0.469 e. The Morgan fingerprint density at radius 1 is 1.53 bits per heavy atom. The van der Waals surface area contributed by atoms with E-state index in [1.807, 2.05) is 0 Å². The monoisotopic (exact) mass is 267 g/mol. The summed E-state index contributed by atoms with van der Waals surface area (Å²) >= 11 is 0. The molecule has 0 amide bonds. The second kappa shape index (κ2) is 8.89. The van der Waals surface area contributed by atoms with Gasteiger partial charge in [0.15, 0.2) is 0 Å². The number of hydrogen-bond donors (Lipinski definition) is 1. The van der Waals surface area contributed by atoms with E-state index >= 15 is 0 Å². The third kappa shape index (κ3) is 6.04. The molecule has 5 heteroatoms. The van der Waals surface area contributed by atoms with Gasteiger partial charge in [0, 0.05) is 25.6 Å². The topological polar surface area (TPSA) is 65.4 Å². The first-order chi connectivity index (χ1) is 9.19. The maximum Gasteiger partial charge on any atom is 0.305 e. The summed E-state index contributed by atoms with van der Waals surface area (Å²) in [6.07, 6.45) is 3.52. The Morgan fingerprint density at radius 2 is 2.32 bits per heavy atom. The quantitative estimate of drug-likeness (QED) is 0.554. The third-order valence-corrected chi connectivity index (χ3v) is 3.57. The number of ether oxygens (including phenoxy) is 1. The van der Waals surface area contributed by atoms with Crippen molar-refractivity contribution >= 4 is 5.97 Å². The van der Waals surface area contributed by atoms with E-state index in [1.165, 1.54) is 7.11 Å². The number of likely N-dealkylation sites (tertiary alicyclic amines) is 1. The van der Waals surface area contributed by atoms with Crippen LogP contribution in [0, 0.1) is 17.2 Å². The van der Waals surface area contributed by atoms with Crippen LogP contribution in [0.3, 0.4) is 0 Å². The fourth-order valence-corrected chi connectivity index (χ4v) is 2.66. The van der Waals surface area contributed by atoms with Crippen molar-refractivity contribution in [2.24, 2.45) is 5.92 Å². The average Bonchev–Trinajstić information content (AvgIpc) is 2.42. The number of hydrogen-bond acceptors (Lipinski definition) is 5. The van der Waals surface area contributed by atoms with Gasteiger partial charge in [-0.05, 0) is 31.7 Å². The number of nitriles is 1. The van der Waals surface area contributed by atoms with Crippen molar-refractivity contribution in [3.05, 3.63) is 0 Å². The molecule has 0 saturated carbocycles. The van der Waals surface area contributed by atoms with Crippen molar-refractivity contribution < 1.29 is 9.53 Å². The maximum absolute atomic E-state index is 11.2. The lowest BCUT2D eigenvalue weighted by atomic mass is 9.90. The Labute approximate surface area is 115 Å². The van der Waals surface area contributed by atoms with Crippen LogP contribution >= 0.6 is 0 Å². The van der Waals surface area contributed by atoms with E-state index in [0.717, 1.165) is 38.9 Å². The first-order valence-electron chi connectivity index (χ1n) is 7.09. The lowest BCUT2D eigenvalue weighted by Gasteiger charge is -2.37. The van der Waals surface area contributed by atoms with Gasteiger partial charge in [0.25, 0.3) is 0 Å². The molecule has 1 N–H and O–H groups in total. The minimum Gasteiger partial charge on any atom is -0.469 e. The van der Waals surface area contributed by atoms with Gasteiger partial charge in [0.2, 0.25) is 0 Å². The lowest BCUT2D eigenvalue weighted by molar-refractivity contribution is -0.141. The third-order valence-electron chi connectivity index (χ3n) is 3.57. The van der Waals surface area contributed by atoms with Crippen molar-refractivity contribution in [2.45, 2.75) is 38.6 Å². The normalized spacial score (nSPS) is 23.8. The van der Waals surface area contributed by atoms with E-state index in [0.29, 0.717) is 24.9 Å². The number of esters is 1. The Balaban J connectivity index is 2.45. The highest BCUT2D eigenvalue weighted by Crippen LogP contribution is 2.21. The fourth-order valence-electron chi connectivity index (χ4n) is 2.66. The molecule has 0 bridgehead atoms. The number of piperidine rings is 1. The van der Waals surface area contributed by atoms with Gasteiger partial charge >= 0.3 is 5.97 Å². The first kappa shape index (κ1) is 15.9. The summed E-state index contributed by atoms with van der Waals surface area (Å²) in [7, 11) is 1.43. The molecule has 0 radical (unpaired) electrons. The second-order valence-corrected chi connectivity index (χ2v) is 5.22. The van der Waals surface area contributed by atoms with Gasteiger partial charge in [-0.3, -0.25) is 9.69 Å². The van der Waals surface area contributed by atoms with Gasteiger partial charge in [0.1, 0.15) is 0 Å². The van der Waals surface area contributed by atoms with E-state index < -0.39 is 0 Å². The highest BCUT2D eigenvalue weighted by atomic mass is 16.5. The maximum atomic E-state index is 11.2. The van der Waals surface area contributed by atoms with Gasteiger partial charge in [0.05, 0.1) is 19.7 Å². The minimum absolute atomic E-state index is 0.143. The molecular formula is C14H25N3O2. The predicted molar refractivity (Wildman–Crippen MR) is 73.5 cm³/mol. The van der Waals surface area contributed by atoms with Gasteiger partial charge in [-0.1, -0.05) is 6.92 Å². The second-order valence-electron chi connectivity index (χ2n) is 5.22. The zero-order valence-electron chi connectivity index (χ0n) is 12.0. The van der Waals surface area contributed by atoms with E-state index in [2.05, 4.69) is 27.9 Å². The van der Waals surface area contributed by atoms with Crippen LogP contribution in [0.5, 0.6) is 0 Å². The van der Waals surface area contributed by atoms with Crippen molar-refractivity contribution in [1.29, 1.82) is 5.26 Å². The van der Waals surface area contributed by atoms with Crippen LogP contribution in [0.1, 0.15) is 32.6 Å². The Morgan fingerprint density at radius 3 is 2.95 bits per heavy atom. The standard InChI is InChI=1S/C14H25N3O2/c1-3-7-16-13-9-12(4-5-14(18)19-2)10-17(11-13)8-6-15/h12-13,16H,3-5,7-11H2,1-2H3. The molecule has 0 aromatic heterocycles. The molecule has 108 valence electrons. The highest BCUT2D eigenvalue weighted by molar-refractivity contribution is 5.69. The lowest BCUT2D eigenvalue weighted by Crippen LogP contribution is -2.49. The molecule has 0 aromatic rings. The number of nitrogens with zero attached hydrogens (tertiary/aromatic N) is 2. The van der Waals surface area contributed by atoms with Crippen LogP contribution < -0.4 is 5.32 Å². The molecule has 1 aliphatic heterocycles. The van der Waals surface area contributed by atoms with Crippen LogP contribution in [-0.4, -0.2) is 50.2 Å². The molecule has 1 heterocycles. The van der Waals surface area contributed by atoms with Crippen LogP contribution in [0.4, 0.5) is 0 Å². The number of nitrogens with one attached hydrogen (secondary N) is 1. The highest BCUT2D eigenvalue weighted by Gasteiger charge is 2.26. The molecule has 19 heavy (non-hydrogen) atoms. The number of carbonyl (C=O) groups is 1. The van der Waals surface area contributed by atoms with E-state index in [4.69, 9.17) is 5.26 Å². The van der Waals surface area contributed by atoms with E-state index in [-0.39, 0.29) is 5.97 Å². The van der Waals surface area contributed by atoms with Crippen molar-refractivity contribution in [2.75, 3.05) is 33.3 Å². The van der Waals surface area contributed by atoms with Gasteiger partial charge in [-0.15, -0.1) is 0 Å². The van der Waals surface area contributed by atoms with E-state index in [9.17, 15) is 4.79 Å². The summed E-state index contributed by atoms with van der Waals surface area (Å²) in [5.41, 5.74) is 0. The zero-order valence-corrected chi connectivity index (χ0v) is 12.0. The number of methoxy groups -OCH3 is 1. The molecular weight excluding hydrogens is 242 g/mol. The zero-order chi connectivity index (χ0) is 14.1. The van der Waals surface area contributed by atoms with Crippen molar-refractivity contribution in [1.82, 2.24) is 10.2 Å². The minimum atomic E-state index is -0.143. The molecule has 1 saturated heterocycles. The Hall–Kier alpha value is -1.12. The fraction of sp³-hybridized carbons (Fsp3) is 0.857. The summed E-state index contributed by atoms with van der Waals surface area (Å²) in [4.78, 5) is 13.4. The molecule has 2 atom stereocenters. The summed E-state index contributed by atoms with van der Waals surface area (Å²) in [6, 6.07) is 2.65. The van der Waals surface area contributed by atoms with Crippen LogP contribution in [0.15, 0.2) is 0 Å². The van der Waals surface area contributed by atoms with Crippen LogP contribution in [-0.2, 0) is 9.53 Å². The van der Waals surface area contributed by atoms with Crippen LogP contribution in [0.25, 0.3) is 0 Å². The average molecular weight is 267 g/mol. The summed E-state index contributed by atoms with van der Waals surface area (Å²) in [6.45, 7) is 5.47. The van der Waals surface area contributed by atoms with Gasteiger partial charge in [-0.25, -0.2) is 0 Å². The molecule has 1 rings (SSSR count). The van der Waals surface area contributed by atoms with Gasteiger partial charge in [-0.2, -0.15) is 5.26 Å².